The molecule has 0 heterocycles. The van der Waals surface area contributed by atoms with Gasteiger partial charge >= 0.3 is 0 Å². The molecule has 0 radical (unpaired) electrons. The first-order chi connectivity index (χ1) is 15.4. The zero-order chi connectivity index (χ0) is 23.1. The average molecular weight is 451 g/mol. The molecule has 170 valence electrons. The van der Waals surface area contributed by atoms with E-state index < -0.39 is 22.1 Å². The fourth-order valence-electron chi connectivity index (χ4n) is 4.19. The van der Waals surface area contributed by atoms with Gasteiger partial charge in [-0.15, -0.1) is 0 Å². The third kappa shape index (κ3) is 5.85. The van der Waals surface area contributed by atoms with Crippen LogP contribution in [0.1, 0.15) is 66.2 Å². The Bertz CT molecular complexity index is 1090. The second-order valence-electron chi connectivity index (χ2n) is 8.16. The van der Waals surface area contributed by atoms with Gasteiger partial charge in [0.25, 0.3) is 0 Å². The lowest BCUT2D eigenvalue weighted by Crippen LogP contribution is -2.36. The topological polar surface area (TPSA) is 72.2 Å². The Morgan fingerprint density at radius 2 is 1.28 bits per heavy atom. The van der Waals surface area contributed by atoms with Gasteiger partial charge in [0, 0.05) is 0 Å². The summed E-state index contributed by atoms with van der Waals surface area (Å²) in [6.45, 7) is 6.29. The van der Waals surface area contributed by atoms with Gasteiger partial charge in [-0.25, -0.2) is 13.1 Å². The number of rotatable bonds is 10. The van der Waals surface area contributed by atoms with Gasteiger partial charge < -0.3 is 5.73 Å². The van der Waals surface area contributed by atoms with Crippen molar-refractivity contribution in [2.45, 2.75) is 57.9 Å². The van der Waals surface area contributed by atoms with Crippen LogP contribution in [0.2, 0.25) is 0 Å². The van der Waals surface area contributed by atoms with Crippen molar-refractivity contribution in [1.29, 1.82) is 0 Å². The van der Waals surface area contributed by atoms with Crippen molar-refractivity contribution in [3.05, 3.63) is 106 Å². The van der Waals surface area contributed by atoms with Crippen LogP contribution >= 0.6 is 0 Å². The maximum atomic E-state index is 13.4. The largest absolute Gasteiger partial charge is 0.322 e. The highest BCUT2D eigenvalue weighted by atomic mass is 32.2. The predicted molar refractivity (Wildman–Crippen MR) is 133 cm³/mol. The number of hydrogen-bond donors (Lipinski definition) is 2. The minimum atomic E-state index is -3.65. The van der Waals surface area contributed by atoms with E-state index in [4.69, 9.17) is 5.73 Å². The van der Waals surface area contributed by atoms with Crippen LogP contribution in [0.5, 0.6) is 0 Å². The molecule has 0 saturated heterocycles. The standard InChI is InChI=1S/C27H34N2O2S/c1-4-20-17-21(5-2)25(22(6-3)18-20)19-32(30,31)29-27(24-15-11-8-12-16-24)26(28)23-13-9-7-10-14-23/h7-18,26-27,29H,4-6,19,28H2,1-3H3. The minimum absolute atomic E-state index is 0.0474. The molecule has 2 atom stereocenters. The molecule has 3 aromatic rings. The van der Waals surface area contributed by atoms with Crippen molar-refractivity contribution in [3.8, 4) is 0 Å². The monoisotopic (exact) mass is 450 g/mol. The van der Waals surface area contributed by atoms with Gasteiger partial charge in [0.15, 0.2) is 0 Å². The predicted octanol–water partition coefficient (Wildman–Crippen LogP) is 5.23. The molecule has 3 N–H and O–H groups in total. The fourth-order valence-corrected chi connectivity index (χ4v) is 5.70. The molecule has 2 unspecified atom stereocenters. The van der Waals surface area contributed by atoms with Gasteiger partial charge in [0.05, 0.1) is 17.8 Å². The molecule has 32 heavy (non-hydrogen) atoms. The van der Waals surface area contributed by atoms with E-state index in [0.29, 0.717) is 0 Å². The summed E-state index contributed by atoms with van der Waals surface area (Å²) in [4.78, 5) is 0. The summed E-state index contributed by atoms with van der Waals surface area (Å²) < 4.78 is 29.8. The molecule has 3 rings (SSSR count). The highest BCUT2D eigenvalue weighted by molar-refractivity contribution is 7.88. The lowest BCUT2D eigenvalue weighted by atomic mass is 9.95. The molecular formula is C27H34N2O2S. The van der Waals surface area contributed by atoms with E-state index in [9.17, 15) is 8.42 Å². The van der Waals surface area contributed by atoms with Gasteiger partial charge in [-0.05, 0) is 52.6 Å². The lowest BCUT2D eigenvalue weighted by Gasteiger charge is -2.26. The molecule has 0 spiro atoms. The van der Waals surface area contributed by atoms with E-state index in [1.165, 1.54) is 5.56 Å². The van der Waals surface area contributed by atoms with Crippen molar-refractivity contribution < 1.29 is 8.42 Å². The molecule has 0 aliphatic heterocycles. The molecule has 0 aliphatic rings. The first-order valence-electron chi connectivity index (χ1n) is 11.4. The second kappa shape index (κ2) is 10.9. The van der Waals surface area contributed by atoms with E-state index in [1.54, 1.807) is 0 Å². The number of hydrogen-bond acceptors (Lipinski definition) is 3. The van der Waals surface area contributed by atoms with Crippen molar-refractivity contribution in [1.82, 2.24) is 4.72 Å². The Labute approximate surface area is 192 Å². The third-order valence-electron chi connectivity index (χ3n) is 6.01. The Balaban J connectivity index is 1.96. The molecule has 0 bridgehead atoms. The lowest BCUT2D eigenvalue weighted by molar-refractivity contribution is 0.503. The van der Waals surface area contributed by atoms with Gasteiger partial charge in [-0.2, -0.15) is 0 Å². The van der Waals surface area contributed by atoms with Crippen molar-refractivity contribution in [2.24, 2.45) is 5.73 Å². The van der Waals surface area contributed by atoms with Gasteiger partial charge in [-0.3, -0.25) is 0 Å². The van der Waals surface area contributed by atoms with Gasteiger partial charge in [0.1, 0.15) is 0 Å². The zero-order valence-electron chi connectivity index (χ0n) is 19.2. The first-order valence-corrected chi connectivity index (χ1v) is 13.0. The summed E-state index contributed by atoms with van der Waals surface area (Å²) in [5.74, 6) is -0.0474. The highest BCUT2D eigenvalue weighted by Crippen LogP contribution is 2.29. The maximum absolute atomic E-state index is 13.4. The van der Waals surface area contributed by atoms with E-state index >= 15 is 0 Å². The number of nitrogens with two attached hydrogens (primary N) is 1. The second-order valence-corrected chi connectivity index (χ2v) is 9.91. The van der Waals surface area contributed by atoms with Crippen LogP contribution in [-0.2, 0) is 35.0 Å². The van der Waals surface area contributed by atoms with Crippen LogP contribution < -0.4 is 10.5 Å². The molecule has 0 fully saturated rings. The number of aryl methyl sites for hydroxylation is 3. The van der Waals surface area contributed by atoms with Crippen LogP contribution in [-0.4, -0.2) is 8.42 Å². The van der Waals surface area contributed by atoms with Crippen LogP contribution in [0.25, 0.3) is 0 Å². The highest BCUT2D eigenvalue weighted by Gasteiger charge is 2.27. The first kappa shape index (κ1) is 24.2. The molecule has 0 aromatic heterocycles. The summed E-state index contributed by atoms with van der Waals surface area (Å²) in [5.41, 5.74) is 12.7. The van der Waals surface area contributed by atoms with E-state index in [-0.39, 0.29) is 5.75 Å². The maximum Gasteiger partial charge on any atom is 0.216 e. The Hall–Kier alpha value is -2.47. The van der Waals surface area contributed by atoms with Crippen LogP contribution in [0, 0.1) is 0 Å². The average Bonchev–Trinajstić information content (AvgIpc) is 2.83. The summed E-state index contributed by atoms with van der Waals surface area (Å²) >= 11 is 0. The summed E-state index contributed by atoms with van der Waals surface area (Å²) in [6, 6.07) is 22.4. The van der Waals surface area contributed by atoms with Crippen molar-refractivity contribution >= 4 is 10.0 Å². The molecule has 4 nitrogen and oxygen atoms in total. The summed E-state index contributed by atoms with van der Waals surface area (Å²) in [7, 11) is -3.65. The number of benzene rings is 3. The number of nitrogens with one attached hydrogen (secondary N) is 1. The Kier molecular flexibility index (Phi) is 8.24. The molecule has 5 heteroatoms. The smallest absolute Gasteiger partial charge is 0.216 e. The van der Waals surface area contributed by atoms with E-state index in [0.717, 1.165) is 47.1 Å². The fraction of sp³-hybridized carbons (Fsp3) is 0.333. The van der Waals surface area contributed by atoms with Gasteiger partial charge in [-0.1, -0.05) is 93.6 Å². The zero-order valence-corrected chi connectivity index (χ0v) is 20.0. The molecular weight excluding hydrogens is 416 g/mol. The quantitative estimate of drug-likeness (QED) is 0.444. The Morgan fingerprint density at radius 1 is 0.781 bits per heavy atom. The summed E-state index contributed by atoms with van der Waals surface area (Å²) in [6.07, 6.45) is 2.54. The number of sulfonamides is 1. The van der Waals surface area contributed by atoms with Crippen LogP contribution in [0.4, 0.5) is 0 Å². The van der Waals surface area contributed by atoms with Crippen molar-refractivity contribution in [3.63, 3.8) is 0 Å². The third-order valence-corrected chi connectivity index (χ3v) is 7.29. The van der Waals surface area contributed by atoms with Crippen molar-refractivity contribution in [2.75, 3.05) is 0 Å². The van der Waals surface area contributed by atoms with Crippen LogP contribution in [0.3, 0.4) is 0 Å². The molecule has 0 aliphatic carbocycles. The molecule has 0 amide bonds. The van der Waals surface area contributed by atoms with Gasteiger partial charge in [0.2, 0.25) is 10.0 Å². The molecule has 0 saturated carbocycles. The van der Waals surface area contributed by atoms with E-state index in [1.807, 2.05) is 60.7 Å². The normalized spacial score (nSPS) is 13.6. The SMILES string of the molecule is CCc1cc(CC)c(CS(=O)(=O)NC(c2ccccc2)C(N)c2ccccc2)c(CC)c1. The van der Waals surface area contributed by atoms with Crippen LogP contribution in [0.15, 0.2) is 72.8 Å². The Morgan fingerprint density at radius 3 is 1.75 bits per heavy atom. The molecule has 3 aromatic carbocycles. The minimum Gasteiger partial charge on any atom is -0.322 e. The summed E-state index contributed by atoms with van der Waals surface area (Å²) in [5, 5.41) is 0. The van der Waals surface area contributed by atoms with E-state index in [2.05, 4.69) is 37.6 Å².